The minimum absolute atomic E-state index is 0.254. The van der Waals surface area contributed by atoms with Crippen LogP contribution in [-0.4, -0.2) is 29.7 Å². The predicted molar refractivity (Wildman–Crippen MR) is 72.6 cm³/mol. The van der Waals surface area contributed by atoms with E-state index in [0.29, 0.717) is 5.75 Å². The number of rotatable bonds is 6. The Morgan fingerprint density at radius 3 is 2.71 bits per heavy atom. The zero-order valence-corrected chi connectivity index (χ0v) is 11.3. The zero-order chi connectivity index (χ0) is 15.1. The van der Waals surface area contributed by atoms with Crippen molar-refractivity contribution in [2.45, 2.75) is 13.0 Å². The molecule has 2 rings (SSSR count). The largest absolute Gasteiger partial charge is 0.479 e. The SMILES string of the molecule is CC(Oc1ccccc1)C(=O)OCC(=O)Nc1ccon1. The Morgan fingerprint density at radius 2 is 2.05 bits per heavy atom. The first-order valence-electron chi connectivity index (χ1n) is 6.24. The number of para-hydroxylation sites is 1. The van der Waals surface area contributed by atoms with E-state index in [9.17, 15) is 9.59 Å². The topological polar surface area (TPSA) is 90.7 Å². The van der Waals surface area contributed by atoms with Gasteiger partial charge in [-0.05, 0) is 19.1 Å². The Hall–Kier alpha value is -2.83. The average Bonchev–Trinajstić information content (AvgIpc) is 2.98. The van der Waals surface area contributed by atoms with E-state index in [1.165, 1.54) is 12.3 Å². The monoisotopic (exact) mass is 290 g/mol. The van der Waals surface area contributed by atoms with Crippen LogP contribution in [0.1, 0.15) is 6.92 Å². The number of aromatic nitrogens is 1. The zero-order valence-electron chi connectivity index (χ0n) is 11.3. The van der Waals surface area contributed by atoms with Gasteiger partial charge in [0.25, 0.3) is 5.91 Å². The lowest BCUT2D eigenvalue weighted by molar-refractivity contribution is -0.153. The van der Waals surface area contributed by atoms with Crippen LogP contribution in [-0.2, 0) is 14.3 Å². The molecule has 7 heteroatoms. The van der Waals surface area contributed by atoms with E-state index in [0.717, 1.165) is 0 Å². The Balaban J connectivity index is 1.74. The molecule has 0 saturated carbocycles. The van der Waals surface area contributed by atoms with Crippen LogP contribution >= 0.6 is 0 Å². The van der Waals surface area contributed by atoms with E-state index < -0.39 is 24.6 Å². The number of benzene rings is 1. The summed E-state index contributed by atoms with van der Waals surface area (Å²) in [5, 5.41) is 5.91. The molecule has 1 aromatic heterocycles. The van der Waals surface area contributed by atoms with Gasteiger partial charge in [-0.2, -0.15) is 0 Å². The number of hydrogen-bond acceptors (Lipinski definition) is 6. The molecule has 0 fully saturated rings. The van der Waals surface area contributed by atoms with Gasteiger partial charge in [-0.25, -0.2) is 4.79 Å². The van der Waals surface area contributed by atoms with Crippen molar-refractivity contribution in [1.29, 1.82) is 0 Å². The van der Waals surface area contributed by atoms with Crippen LogP contribution in [0, 0.1) is 0 Å². The van der Waals surface area contributed by atoms with Crippen LogP contribution in [0.3, 0.4) is 0 Å². The van der Waals surface area contributed by atoms with Gasteiger partial charge in [-0.1, -0.05) is 23.4 Å². The molecule has 0 aliphatic rings. The number of hydrogen-bond donors (Lipinski definition) is 1. The van der Waals surface area contributed by atoms with E-state index in [-0.39, 0.29) is 5.82 Å². The molecule has 0 saturated heterocycles. The van der Waals surface area contributed by atoms with Crippen molar-refractivity contribution >= 4 is 17.7 Å². The van der Waals surface area contributed by atoms with Crippen molar-refractivity contribution in [2.24, 2.45) is 0 Å². The number of anilines is 1. The van der Waals surface area contributed by atoms with Gasteiger partial charge in [0.05, 0.1) is 0 Å². The molecule has 0 aliphatic heterocycles. The molecule has 2 aromatic rings. The van der Waals surface area contributed by atoms with Crippen LogP contribution in [0.15, 0.2) is 47.2 Å². The van der Waals surface area contributed by atoms with E-state index in [2.05, 4.69) is 15.0 Å². The fraction of sp³-hybridized carbons (Fsp3) is 0.214. The summed E-state index contributed by atoms with van der Waals surface area (Å²) in [4.78, 5) is 23.2. The van der Waals surface area contributed by atoms with Crippen LogP contribution in [0.25, 0.3) is 0 Å². The molecule has 0 bridgehead atoms. The third-order valence-corrected chi connectivity index (χ3v) is 2.44. The fourth-order valence-corrected chi connectivity index (χ4v) is 1.46. The predicted octanol–water partition coefficient (Wildman–Crippen LogP) is 1.62. The molecule has 1 N–H and O–H groups in total. The quantitative estimate of drug-likeness (QED) is 0.813. The van der Waals surface area contributed by atoms with Gasteiger partial charge in [-0.3, -0.25) is 4.79 Å². The summed E-state index contributed by atoms with van der Waals surface area (Å²) in [7, 11) is 0. The summed E-state index contributed by atoms with van der Waals surface area (Å²) in [6.07, 6.45) is 0.504. The number of carbonyl (C=O) groups is 2. The molecular weight excluding hydrogens is 276 g/mol. The summed E-state index contributed by atoms with van der Waals surface area (Å²) < 4.78 is 14.8. The van der Waals surface area contributed by atoms with Crippen molar-refractivity contribution in [1.82, 2.24) is 5.16 Å². The standard InChI is InChI=1S/C14H14N2O5/c1-10(21-11-5-3-2-4-6-11)14(18)19-9-13(17)15-12-7-8-20-16-12/h2-8,10H,9H2,1H3,(H,15,16,17). The molecule has 1 amide bonds. The second-order valence-electron chi connectivity index (χ2n) is 4.11. The molecule has 0 radical (unpaired) electrons. The summed E-state index contributed by atoms with van der Waals surface area (Å²) in [6, 6.07) is 10.3. The third-order valence-electron chi connectivity index (χ3n) is 2.44. The minimum Gasteiger partial charge on any atom is -0.479 e. The summed E-state index contributed by atoms with van der Waals surface area (Å²) in [5.41, 5.74) is 0. The molecule has 7 nitrogen and oxygen atoms in total. The maximum atomic E-state index is 11.7. The first-order chi connectivity index (χ1) is 10.1. The summed E-state index contributed by atoms with van der Waals surface area (Å²) in [5.74, 6) is -0.336. The highest BCUT2D eigenvalue weighted by Gasteiger charge is 2.18. The van der Waals surface area contributed by atoms with E-state index in [4.69, 9.17) is 9.47 Å². The Labute approximate surface area is 120 Å². The van der Waals surface area contributed by atoms with E-state index in [1.807, 2.05) is 6.07 Å². The van der Waals surface area contributed by atoms with Crippen LogP contribution in [0.2, 0.25) is 0 Å². The van der Waals surface area contributed by atoms with Gasteiger partial charge >= 0.3 is 5.97 Å². The van der Waals surface area contributed by atoms with E-state index in [1.54, 1.807) is 31.2 Å². The number of amides is 1. The highest BCUT2D eigenvalue weighted by atomic mass is 16.6. The van der Waals surface area contributed by atoms with Crippen molar-refractivity contribution in [3.05, 3.63) is 42.7 Å². The van der Waals surface area contributed by atoms with Gasteiger partial charge in [-0.15, -0.1) is 0 Å². The lowest BCUT2D eigenvalue weighted by atomic mass is 10.3. The minimum atomic E-state index is -0.813. The van der Waals surface area contributed by atoms with Crippen molar-refractivity contribution in [2.75, 3.05) is 11.9 Å². The molecule has 1 heterocycles. The smallest absolute Gasteiger partial charge is 0.347 e. The summed E-state index contributed by atoms with van der Waals surface area (Å²) >= 11 is 0. The molecule has 0 aliphatic carbocycles. The third kappa shape index (κ3) is 4.64. The van der Waals surface area contributed by atoms with Gasteiger partial charge in [0.1, 0.15) is 12.0 Å². The second kappa shape index (κ2) is 7.09. The number of esters is 1. The number of nitrogens with zero attached hydrogens (tertiary/aromatic N) is 1. The van der Waals surface area contributed by atoms with Crippen LogP contribution < -0.4 is 10.1 Å². The van der Waals surface area contributed by atoms with Crippen LogP contribution in [0.5, 0.6) is 5.75 Å². The average molecular weight is 290 g/mol. The first kappa shape index (κ1) is 14.6. The Bertz CT molecular complexity index is 583. The second-order valence-corrected chi connectivity index (χ2v) is 4.11. The fourth-order valence-electron chi connectivity index (χ4n) is 1.46. The Morgan fingerprint density at radius 1 is 1.29 bits per heavy atom. The highest BCUT2D eigenvalue weighted by molar-refractivity contribution is 5.92. The van der Waals surface area contributed by atoms with E-state index >= 15 is 0 Å². The van der Waals surface area contributed by atoms with Gasteiger partial charge in [0, 0.05) is 6.07 Å². The lowest BCUT2D eigenvalue weighted by Crippen LogP contribution is -2.29. The van der Waals surface area contributed by atoms with Crippen LogP contribution in [0.4, 0.5) is 5.82 Å². The summed E-state index contributed by atoms with van der Waals surface area (Å²) in [6.45, 7) is 1.12. The highest BCUT2D eigenvalue weighted by Crippen LogP contribution is 2.11. The molecule has 1 unspecified atom stereocenters. The molecular formula is C14H14N2O5. The molecule has 21 heavy (non-hydrogen) atoms. The van der Waals surface area contributed by atoms with Crippen molar-refractivity contribution in [3.8, 4) is 5.75 Å². The lowest BCUT2D eigenvalue weighted by Gasteiger charge is -2.13. The molecule has 1 aromatic carbocycles. The first-order valence-corrected chi connectivity index (χ1v) is 6.24. The number of carbonyl (C=O) groups excluding carboxylic acids is 2. The maximum Gasteiger partial charge on any atom is 0.347 e. The van der Waals surface area contributed by atoms with Gasteiger partial charge in [0.2, 0.25) is 0 Å². The normalized spacial score (nSPS) is 11.5. The van der Waals surface area contributed by atoms with Crippen molar-refractivity contribution in [3.63, 3.8) is 0 Å². The van der Waals surface area contributed by atoms with Gasteiger partial charge in [0.15, 0.2) is 18.5 Å². The molecule has 0 spiro atoms. The molecule has 1 atom stereocenters. The number of nitrogens with one attached hydrogen (secondary N) is 1. The molecule has 110 valence electrons. The maximum absolute atomic E-state index is 11.7. The Kier molecular flexibility index (Phi) is 4.92. The number of ether oxygens (including phenoxy) is 2. The van der Waals surface area contributed by atoms with Gasteiger partial charge < -0.3 is 19.3 Å². The van der Waals surface area contributed by atoms with Crippen molar-refractivity contribution < 1.29 is 23.6 Å².